The Morgan fingerprint density at radius 2 is 2.14 bits per heavy atom. The van der Waals surface area contributed by atoms with E-state index in [2.05, 4.69) is 38.9 Å². The Balaban J connectivity index is 1.47. The van der Waals surface area contributed by atoms with E-state index in [1.807, 2.05) is 36.7 Å². The van der Waals surface area contributed by atoms with E-state index in [-0.39, 0.29) is 11.9 Å². The molecule has 2 aromatic heterocycles. The molecule has 146 valence electrons. The predicted molar refractivity (Wildman–Crippen MR) is 113 cm³/mol. The summed E-state index contributed by atoms with van der Waals surface area (Å²) in [6, 6.07) is 10.3. The number of carbonyl (C=O) groups excluding carboxylic acids is 1. The monoisotopic (exact) mass is 414 g/mol. The minimum atomic E-state index is 0.0141. The van der Waals surface area contributed by atoms with Gasteiger partial charge < -0.3 is 5.32 Å². The SMILES string of the molecule is Cn1cc(CC(=O)NCC(c2ccc(Cl)cc2)N2CCc3sccc3C2)cn1. The first-order chi connectivity index (χ1) is 13.6. The topological polar surface area (TPSA) is 50.2 Å². The van der Waals surface area contributed by atoms with Gasteiger partial charge in [0.2, 0.25) is 5.91 Å². The van der Waals surface area contributed by atoms with E-state index >= 15 is 0 Å². The summed E-state index contributed by atoms with van der Waals surface area (Å²) in [5, 5.41) is 10.1. The molecule has 1 aliphatic rings. The van der Waals surface area contributed by atoms with Crippen molar-refractivity contribution in [2.45, 2.75) is 25.4 Å². The van der Waals surface area contributed by atoms with Crippen molar-refractivity contribution in [3.05, 3.63) is 74.7 Å². The van der Waals surface area contributed by atoms with E-state index in [0.717, 1.165) is 30.1 Å². The molecule has 3 heterocycles. The van der Waals surface area contributed by atoms with Crippen LogP contribution in [0.15, 0.2) is 48.1 Å². The normalized spacial score (nSPS) is 15.2. The summed E-state index contributed by atoms with van der Waals surface area (Å²) in [6.07, 6.45) is 5.01. The van der Waals surface area contributed by atoms with E-state index < -0.39 is 0 Å². The van der Waals surface area contributed by atoms with Crippen molar-refractivity contribution in [1.82, 2.24) is 20.0 Å². The highest BCUT2D eigenvalue weighted by molar-refractivity contribution is 7.10. The molecule has 1 atom stereocenters. The summed E-state index contributed by atoms with van der Waals surface area (Å²) in [6.45, 7) is 2.46. The summed E-state index contributed by atoms with van der Waals surface area (Å²) in [4.78, 5) is 16.4. The van der Waals surface area contributed by atoms with Gasteiger partial charge in [-0.15, -0.1) is 11.3 Å². The Hall–Kier alpha value is -2.15. The van der Waals surface area contributed by atoms with E-state index in [1.165, 1.54) is 16.0 Å². The number of nitrogens with zero attached hydrogens (tertiary/aromatic N) is 3. The molecule has 1 aliphatic heterocycles. The third kappa shape index (κ3) is 4.46. The van der Waals surface area contributed by atoms with Gasteiger partial charge in [-0.25, -0.2) is 0 Å². The lowest BCUT2D eigenvalue weighted by Crippen LogP contribution is -2.40. The lowest BCUT2D eigenvalue weighted by molar-refractivity contribution is -0.120. The molecule has 0 saturated carbocycles. The number of benzene rings is 1. The van der Waals surface area contributed by atoms with Crippen molar-refractivity contribution in [3.8, 4) is 0 Å². The Bertz CT molecular complexity index is 949. The van der Waals surface area contributed by atoms with Crippen LogP contribution in [0.1, 0.15) is 27.6 Å². The van der Waals surface area contributed by atoms with Crippen LogP contribution in [0.2, 0.25) is 5.02 Å². The van der Waals surface area contributed by atoms with Gasteiger partial charge in [-0.1, -0.05) is 23.7 Å². The highest BCUT2D eigenvalue weighted by Crippen LogP contribution is 2.30. The van der Waals surface area contributed by atoms with Gasteiger partial charge in [0.05, 0.1) is 18.7 Å². The minimum Gasteiger partial charge on any atom is -0.354 e. The van der Waals surface area contributed by atoms with E-state index in [0.29, 0.717) is 13.0 Å². The van der Waals surface area contributed by atoms with Gasteiger partial charge in [0.1, 0.15) is 0 Å². The maximum Gasteiger partial charge on any atom is 0.224 e. The number of halogens is 1. The molecule has 1 aromatic carbocycles. The lowest BCUT2D eigenvalue weighted by atomic mass is 10.0. The van der Waals surface area contributed by atoms with Crippen molar-refractivity contribution in [3.63, 3.8) is 0 Å². The van der Waals surface area contributed by atoms with Gasteiger partial charge >= 0.3 is 0 Å². The van der Waals surface area contributed by atoms with Crippen LogP contribution in [0, 0.1) is 0 Å². The predicted octanol–water partition coefficient (Wildman–Crippen LogP) is 3.59. The fraction of sp³-hybridized carbons (Fsp3) is 0.333. The molecule has 4 rings (SSSR count). The molecular formula is C21H23ClN4OS. The Kier molecular flexibility index (Phi) is 5.80. The third-order valence-corrected chi connectivity index (χ3v) is 6.42. The van der Waals surface area contributed by atoms with Crippen LogP contribution in [0.4, 0.5) is 0 Å². The zero-order valence-electron chi connectivity index (χ0n) is 15.8. The molecule has 1 N–H and O–H groups in total. The molecule has 28 heavy (non-hydrogen) atoms. The molecule has 0 aliphatic carbocycles. The molecule has 7 heteroatoms. The first-order valence-electron chi connectivity index (χ1n) is 9.37. The number of amides is 1. The summed E-state index contributed by atoms with van der Waals surface area (Å²) in [7, 11) is 1.85. The molecule has 0 spiro atoms. The molecule has 1 amide bonds. The second-order valence-electron chi connectivity index (χ2n) is 7.16. The Morgan fingerprint density at radius 3 is 2.89 bits per heavy atom. The number of hydrogen-bond acceptors (Lipinski definition) is 4. The molecule has 0 fully saturated rings. The Morgan fingerprint density at radius 1 is 1.32 bits per heavy atom. The van der Waals surface area contributed by atoms with Gasteiger partial charge in [0.25, 0.3) is 0 Å². The molecule has 0 radical (unpaired) electrons. The largest absolute Gasteiger partial charge is 0.354 e. The summed E-state index contributed by atoms with van der Waals surface area (Å²) in [5.74, 6) is 0.0141. The highest BCUT2D eigenvalue weighted by Gasteiger charge is 2.26. The maximum atomic E-state index is 12.5. The van der Waals surface area contributed by atoms with E-state index in [9.17, 15) is 4.79 Å². The number of aryl methyl sites for hydroxylation is 1. The molecule has 3 aromatic rings. The first-order valence-corrected chi connectivity index (χ1v) is 10.6. The third-order valence-electron chi connectivity index (χ3n) is 5.15. The van der Waals surface area contributed by atoms with Gasteiger partial charge in [-0.3, -0.25) is 14.4 Å². The molecular weight excluding hydrogens is 392 g/mol. The second-order valence-corrected chi connectivity index (χ2v) is 8.60. The van der Waals surface area contributed by atoms with Gasteiger partial charge in [0, 0.05) is 42.8 Å². The van der Waals surface area contributed by atoms with Crippen LogP contribution in [-0.4, -0.2) is 33.7 Å². The standard InChI is InChI=1S/C21H23ClN4OS/c1-25-13-15(11-24-25)10-21(27)23-12-19(16-2-4-18(22)5-3-16)26-8-6-20-17(14-26)7-9-28-20/h2-5,7,9,11,13,19H,6,8,10,12,14H2,1H3,(H,23,27). The van der Waals surface area contributed by atoms with Crippen molar-refractivity contribution in [1.29, 1.82) is 0 Å². The Labute approximate surface area is 173 Å². The quantitative estimate of drug-likeness (QED) is 0.670. The minimum absolute atomic E-state index is 0.0141. The van der Waals surface area contributed by atoms with Crippen molar-refractivity contribution in [2.75, 3.05) is 13.1 Å². The van der Waals surface area contributed by atoms with Crippen LogP contribution in [0.5, 0.6) is 0 Å². The van der Waals surface area contributed by atoms with Gasteiger partial charge in [-0.05, 0) is 46.7 Å². The number of thiophene rings is 1. The fourth-order valence-electron chi connectivity index (χ4n) is 3.70. The van der Waals surface area contributed by atoms with Crippen molar-refractivity contribution >= 4 is 28.8 Å². The number of aromatic nitrogens is 2. The second kappa shape index (κ2) is 8.47. The van der Waals surface area contributed by atoms with Crippen LogP contribution in [-0.2, 0) is 31.2 Å². The summed E-state index contributed by atoms with van der Waals surface area (Å²) >= 11 is 7.92. The molecule has 5 nitrogen and oxygen atoms in total. The zero-order valence-corrected chi connectivity index (χ0v) is 17.3. The number of carbonyl (C=O) groups is 1. The van der Waals surface area contributed by atoms with Crippen LogP contribution < -0.4 is 5.32 Å². The average Bonchev–Trinajstić information content (AvgIpc) is 3.31. The highest BCUT2D eigenvalue weighted by atomic mass is 35.5. The molecule has 1 unspecified atom stereocenters. The maximum absolute atomic E-state index is 12.5. The van der Waals surface area contributed by atoms with Gasteiger partial charge in [0.15, 0.2) is 0 Å². The number of fused-ring (bicyclic) bond motifs is 1. The van der Waals surface area contributed by atoms with Crippen molar-refractivity contribution in [2.24, 2.45) is 7.05 Å². The van der Waals surface area contributed by atoms with E-state index in [1.54, 1.807) is 10.9 Å². The first kappa shape index (κ1) is 19.2. The number of rotatable bonds is 6. The lowest BCUT2D eigenvalue weighted by Gasteiger charge is -2.35. The summed E-state index contributed by atoms with van der Waals surface area (Å²) < 4.78 is 1.71. The van der Waals surface area contributed by atoms with Crippen LogP contribution in [0.25, 0.3) is 0 Å². The van der Waals surface area contributed by atoms with Crippen LogP contribution in [0.3, 0.4) is 0 Å². The fourth-order valence-corrected chi connectivity index (χ4v) is 4.72. The van der Waals surface area contributed by atoms with E-state index in [4.69, 9.17) is 11.6 Å². The zero-order chi connectivity index (χ0) is 19.5. The van der Waals surface area contributed by atoms with Crippen LogP contribution >= 0.6 is 22.9 Å². The number of nitrogens with one attached hydrogen (secondary N) is 1. The van der Waals surface area contributed by atoms with Crippen molar-refractivity contribution < 1.29 is 4.79 Å². The smallest absolute Gasteiger partial charge is 0.224 e. The molecule has 0 bridgehead atoms. The molecule has 0 saturated heterocycles. The number of hydrogen-bond donors (Lipinski definition) is 1. The van der Waals surface area contributed by atoms with Gasteiger partial charge in [-0.2, -0.15) is 5.10 Å². The average molecular weight is 415 g/mol. The summed E-state index contributed by atoms with van der Waals surface area (Å²) in [5.41, 5.74) is 3.49.